The molecule has 0 spiro atoms. The predicted molar refractivity (Wildman–Crippen MR) is 93.3 cm³/mol. The molecular formula is C18H19Cl2NO2. The Morgan fingerprint density at radius 3 is 2.57 bits per heavy atom. The summed E-state index contributed by atoms with van der Waals surface area (Å²) in [6.07, 6.45) is 3.22. The lowest BCUT2D eigenvalue weighted by Crippen LogP contribution is -2.38. The molecule has 0 aliphatic heterocycles. The normalized spacial score (nSPS) is 12.7. The summed E-state index contributed by atoms with van der Waals surface area (Å²) >= 11 is 12.1. The number of nitrogens with zero attached hydrogens (tertiary/aromatic N) is 1. The number of rotatable bonds is 5. The smallest absolute Gasteiger partial charge is 0.178 e. The maximum Gasteiger partial charge on any atom is 0.178 e. The molecule has 1 aromatic heterocycles. The van der Waals surface area contributed by atoms with Crippen LogP contribution in [0, 0.1) is 5.41 Å². The molecule has 122 valence electrons. The van der Waals surface area contributed by atoms with Crippen molar-refractivity contribution in [1.82, 2.24) is 4.98 Å². The number of carbonyl (C=O) groups excluding carboxylic acids is 1. The van der Waals surface area contributed by atoms with Gasteiger partial charge >= 0.3 is 0 Å². The van der Waals surface area contributed by atoms with Gasteiger partial charge in [0.25, 0.3) is 0 Å². The summed E-state index contributed by atoms with van der Waals surface area (Å²) in [4.78, 5) is 16.8. The highest BCUT2D eigenvalue weighted by molar-refractivity contribution is 6.35. The van der Waals surface area contributed by atoms with Crippen molar-refractivity contribution in [2.45, 2.75) is 33.3 Å². The zero-order valence-corrected chi connectivity index (χ0v) is 14.9. The van der Waals surface area contributed by atoms with Crippen LogP contribution in [0.3, 0.4) is 0 Å². The minimum Gasteiger partial charge on any atom is -0.481 e. The maximum atomic E-state index is 12.7. The van der Waals surface area contributed by atoms with Gasteiger partial charge in [0.15, 0.2) is 11.9 Å². The van der Waals surface area contributed by atoms with Crippen LogP contribution in [0.4, 0.5) is 0 Å². The van der Waals surface area contributed by atoms with Crippen LogP contribution in [-0.2, 0) is 11.2 Å². The lowest BCUT2D eigenvalue weighted by atomic mass is 9.85. The van der Waals surface area contributed by atoms with Gasteiger partial charge in [-0.05, 0) is 29.8 Å². The minimum absolute atomic E-state index is 0.00682. The van der Waals surface area contributed by atoms with E-state index >= 15 is 0 Å². The average molecular weight is 352 g/mol. The molecule has 0 aliphatic rings. The quantitative estimate of drug-likeness (QED) is 0.761. The number of benzene rings is 1. The monoisotopic (exact) mass is 351 g/mol. The fourth-order valence-electron chi connectivity index (χ4n) is 2.13. The second-order valence-electron chi connectivity index (χ2n) is 6.36. The number of carbonyl (C=O) groups is 1. The summed E-state index contributed by atoms with van der Waals surface area (Å²) in [6.45, 7) is 5.62. The second-order valence-corrected chi connectivity index (χ2v) is 7.20. The van der Waals surface area contributed by atoms with Gasteiger partial charge in [0.2, 0.25) is 0 Å². The van der Waals surface area contributed by atoms with E-state index in [0.29, 0.717) is 22.2 Å². The molecule has 0 radical (unpaired) electrons. The van der Waals surface area contributed by atoms with Crippen LogP contribution in [0.15, 0.2) is 42.7 Å². The first-order valence-corrected chi connectivity index (χ1v) is 8.08. The zero-order valence-electron chi connectivity index (χ0n) is 13.3. The highest BCUT2D eigenvalue weighted by Gasteiger charge is 2.31. The fraction of sp³-hybridized carbons (Fsp3) is 0.333. The van der Waals surface area contributed by atoms with Gasteiger partial charge in [-0.3, -0.25) is 9.78 Å². The molecular weight excluding hydrogens is 333 g/mol. The van der Waals surface area contributed by atoms with E-state index in [1.54, 1.807) is 30.6 Å². The van der Waals surface area contributed by atoms with Crippen LogP contribution in [0.1, 0.15) is 26.3 Å². The van der Waals surface area contributed by atoms with Crippen LogP contribution >= 0.6 is 23.2 Å². The van der Waals surface area contributed by atoms with Crippen molar-refractivity contribution in [3.05, 3.63) is 58.3 Å². The van der Waals surface area contributed by atoms with Gasteiger partial charge in [0.05, 0.1) is 5.02 Å². The Kier molecular flexibility index (Phi) is 5.66. The van der Waals surface area contributed by atoms with E-state index in [1.807, 2.05) is 32.9 Å². The number of halogens is 2. The first kappa shape index (κ1) is 17.8. The molecule has 1 aromatic carbocycles. The van der Waals surface area contributed by atoms with Gasteiger partial charge in [0, 0.05) is 29.3 Å². The predicted octanol–water partition coefficient (Wildman–Crippen LogP) is 4.99. The molecule has 2 rings (SSSR count). The van der Waals surface area contributed by atoms with Crippen molar-refractivity contribution >= 4 is 29.0 Å². The van der Waals surface area contributed by atoms with Gasteiger partial charge < -0.3 is 4.74 Å². The third kappa shape index (κ3) is 4.95. The van der Waals surface area contributed by atoms with Crippen molar-refractivity contribution in [2.75, 3.05) is 0 Å². The molecule has 23 heavy (non-hydrogen) atoms. The number of aromatic nitrogens is 1. The van der Waals surface area contributed by atoms with Crippen LogP contribution in [0.2, 0.25) is 10.0 Å². The van der Waals surface area contributed by atoms with Gasteiger partial charge in [-0.2, -0.15) is 0 Å². The summed E-state index contributed by atoms with van der Waals surface area (Å²) in [6, 6.07) is 8.72. The Bertz CT molecular complexity index is 681. The topological polar surface area (TPSA) is 39.2 Å². The van der Waals surface area contributed by atoms with E-state index in [1.165, 1.54) is 0 Å². The Labute approximate surface area is 146 Å². The molecule has 2 aromatic rings. The van der Waals surface area contributed by atoms with Gasteiger partial charge in [0.1, 0.15) is 5.75 Å². The highest BCUT2D eigenvalue weighted by atomic mass is 35.5. The molecule has 1 unspecified atom stereocenters. The summed E-state index contributed by atoms with van der Waals surface area (Å²) in [7, 11) is 0. The highest BCUT2D eigenvalue weighted by Crippen LogP contribution is 2.30. The number of ether oxygens (including phenoxy) is 1. The second kappa shape index (κ2) is 7.33. The van der Waals surface area contributed by atoms with E-state index in [0.717, 1.165) is 5.56 Å². The molecule has 3 nitrogen and oxygen atoms in total. The Hall–Kier alpha value is -1.58. The number of pyridine rings is 1. The lowest BCUT2D eigenvalue weighted by molar-refractivity contribution is -0.133. The molecule has 0 aliphatic carbocycles. The number of hydrogen-bond acceptors (Lipinski definition) is 3. The molecule has 0 saturated heterocycles. The first-order chi connectivity index (χ1) is 10.8. The standard InChI is InChI=1S/C18H19Cl2NO2/c1-18(2,3)17(22)16(9-12-5-4-8-21-11-12)23-15-7-6-13(19)10-14(15)20/h4-8,10-11,16H,9H2,1-3H3. The van der Waals surface area contributed by atoms with Crippen LogP contribution in [0.25, 0.3) is 0 Å². The number of ketones is 1. The molecule has 1 heterocycles. The Balaban J connectivity index is 2.28. The van der Waals surface area contributed by atoms with Crippen LogP contribution in [-0.4, -0.2) is 16.9 Å². The van der Waals surface area contributed by atoms with E-state index in [2.05, 4.69) is 4.98 Å². The third-order valence-electron chi connectivity index (χ3n) is 3.34. The molecule has 0 saturated carbocycles. The van der Waals surface area contributed by atoms with Crippen LogP contribution < -0.4 is 4.74 Å². The average Bonchev–Trinajstić information content (AvgIpc) is 2.48. The maximum absolute atomic E-state index is 12.7. The molecule has 0 fully saturated rings. The molecule has 0 N–H and O–H groups in total. The van der Waals surface area contributed by atoms with Crippen molar-refractivity contribution in [3.63, 3.8) is 0 Å². The summed E-state index contributed by atoms with van der Waals surface area (Å²) in [5.41, 5.74) is 0.409. The van der Waals surface area contributed by atoms with E-state index < -0.39 is 11.5 Å². The van der Waals surface area contributed by atoms with E-state index in [4.69, 9.17) is 27.9 Å². The molecule has 1 atom stereocenters. The van der Waals surface area contributed by atoms with E-state index in [9.17, 15) is 4.79 Å². The van der Waals surface area contributed by atoms with Gasteiger partial charge in [-0.1, -0.05) is 50.0 Å². The summed E-state index contributed by atoms with van der Waals surface area (Å²) in [5, 5.41) is 0.906. The SMILES string of the molecule is CC(C)(C)C(=O)C(Cc1cccnc1)Oc1ccc(Cl)cc1Cl. The van der Waals surface area contributed by atoms with Crippen molar-refractivity contribution < 1.29 is 9.53 Å². The van der Waals surface area contributed by atoms with Crippen molar-refractivity contribution in [1.29, 1.82) is 0 Å². The van der Waals surface area contributed by atoms with Gasteiger partial charge in [-0.25, -0.2) is 0 Å². The zero-order chi connectivity index (χ0) is 17.0. The first-order valence-electron chi connectivity index (χ1n) is 7.32. The molecule has 5 heteroatoms. The van der Waals surface area contributed by atoms with Gasteiger partial charge in [-0.15, -0.1) is 0 Å². The Morgan fingerprint density at radius 2 is 2.00 bits per heavy atom. The summed E-state index contributed by atoms with van der Waals surface area (Å²) < 4.78 is 5.92. The summed E-state index contributed by atoms with van der Waals surface area (Å²) in [5.74, 6) is 0.454. The molecule has 0 bridgehead atoms. The largest absolute Gasteiger partial charge is 0.481 e. The third-order valence-corrected chi connectivity index (χ3v) is 3.87. The number of Topliss-reactive ketones (excluding diaryl/α,β-unsaturated/α-hetero) is 1. The Morgan fingerprint density at radius 1 is 1.26 bits per heavy atom. The van der Waals surface area contributed by atoms with Crippen molar-refractivity contribution in [2.24, 2.45) is 5.41 Å². The number of hydrogen-bond donors (Lipinski definition) is 0. The van der Waals surface area contributed by atoms with E-state index in [-0.39, 0.29) is 5.78 Å². The fourth-order valence-corrected chi connectivity index (χ4v) is 2.58. The lowest BCUT2D eigenvalue weighted by Gasteiger charge is -2.26. The minimum atomic E-state index is -0.641. The molecule has 0 amide bonds. The van der Waals surface area contributed by atoms with Crippen molar-refractivity contribution in [3.8, 4) is 5.75 Å². The van der Waals surface area contributed by atoms with Crippen LogP contribution in [0.5, 0.6) is 5.75 Å².